The molecule has 0 radical (unpaired) electrons. The lowest BCUT2D eigenvalue weighted by Gasteiger charge is -2.24. The molecule has 16 heavy (non-hydrogen) atoms. The molecule has 2 rings (SSSR count). The van der Waals surface area contributed by atoms with Gasteiger partial charge in [0.25, 0.3) is 0 Å². The zero-order chi connectivity index (χ0) is 11.5. The summed E-state index contributed by atoms with van der Waals surface area (Å²) in [6.45, 7) is 0.532. The normalized spacial score (nSPS) is 17.5. The molecule has 1 aromatic rings. The Labute approximate surface area is 93.5 Å². The fraction of sp³-hybridized carbons (Fsp3) is 0.333. The van der Waals surface area contributed by atoms with Gasteiger partial charge in [-0.15, -0.1) is 0 Å². The van der Waals surface area contributed by atoms with Crippen molar-refractivity contribution in [3.63, 3.8) is 0 Å². The van der Waals surface area contributed by atoms with E-state index in [1.54, 1.807) is 24.3 Å². The van der Waals surface area contributed by atoms with Crippen LogP contribution < -0.4 is 0 Å². The van der Waals surface area contributed by atoms with Gasteiger partial charge in [-0.2, -0.15) is 0 Å². The average molecular weight is 219 g/mol. The molecule has 1 aliphatic rings. The van der Waals surface area contributed by atoms with Crippen LogP contribution in [0.25, 0.3) is 0 Å². The molecule has 0 unspecified atom stereocenters. The molecule has 0 aliphatic carbocycles. The number of nitrogens with zero attached hydrogens (tertiary/aromatic N) is 1. The molecule has 1 aromatic carbocycles. The van der Waals surface area contributed by atoms with Gasteiger partial charge in [0.2, 0.25) is 5.91 Å². The van der Waals surface area contributed by atoms with Crippen molar-refractivity contribution >= 4 is 11.9 Å². The van der Waals surface area contributed by atoms with Crippen LogP contribution in [0.5, 0.6) is 0 Å². The van der Waals surface area contributed by atoms with E-state index < -0.39 is 12.0 Å². The van der Waals surface area contributed by atoms with Crippen LogP contribution in [0.4, 0.5) is 0 Å². The van der Waals surface area contributed by atoms with E-state index in [-0.39, 0.29) is 5.91 Å². The van der Waals surface area contributed by atoms with Crippen molar-refractivity contribution in [1.29, 1.82) is 0 Å². The van der Waals surface area contributed by atoms with Crippen LogP contribution in [-0.4, -0.2) is 28.4 Å². The molecule has 1 amide bonds. The molecule has 1 aliphatic heterocycles. The summed E-state index contributed by atoms with van der Waals surface area (Å²) >= 11 is 0. The zero-order valence-corrected chi connectivity index (χ0v) is 8.80. The number of carbonyl (C=O) groups is 2. The lowest BCUT2D eigenvalue weighted by Crippen LogP contribution is -2.34. The first-order chi connectivity index (χ1) is 7.70. The summed E-state index contributed by atoms with van der Waals surface area (Å²) < 4.78 is 0. The maximum absolute atomic E-state index is 11.6. The molecule has 0 saturated carbocycles. The third-order valence-electron chi connectivity index (χ3n) is 2.77. The molecule has 1 N–H and O–H groups in total. The Morgan fingerprint density at radius 1 is 1.31 bits per heavy atom. The predicted octanol–water partition coefficient (Wildman–Crippen LogP) is 1.43. The van der Waals surface area contributed by atoms with Crippen molar-refractivity contribution < 1.29 is 14.7 Å². The average Bonchev–Trinajstić information content (AvgIpc) is 2.66. The summed E-state index contributed by atoms with van der Waals surface area (Å²) in [5.74, 6) is -1.04. The highest BCUT2D eigenvalue weighted by atomic mass is 16.4. The van der Waals surface area contributed by atoms with Crippen LogP contribution in [0, 0.1) is 0 Å². The van der Waals surface area contributed by atoms with E-state index in [0.717, 1.165) is 6.42 Å². The Morgan fingerprint density at radius 2 is 2.00 bits per heavy atom. The van der Waals surface area contributed by atoms with Crippen LogP contribution in [0.15, 0.2) is 30.3 Å². The van der Waals surface area contributed by atoms with Gasteiger partial charge in [0.1, 0.15) is 0 Å². The first-order valence-corrected chi connectivity index (χ1v) is 5.27. The second-order valence-corrected chi connectivity index (χ2v) is 3.84. The molecule has 4 heteroatoms. The van der Waals surface area contributed by atoms with Gasteiger partial charge in [0.05, 0.1) is 0 Å². The Kier molecular flexibility index (Phi) is 2.90. The zero-order valence-electron chi connectivity index (χ0n) is 8.80. The van der Waals surface area contributed by atoms with Crippen molar-refractivity contribution in [2.75, 3.05) is 6.54 Å². The topological polar surface area (TPSA) is 57.6 Å². The summed E-state index contributed by atoms with van der Waals surface area (Å²) in [6, 6.07) is 8.04. The third-order valence-corrected chi connectivity index (χ3v) is 2.77. The molecule has 0 spiro atoms. The summed E-state index contributed by atoms with van der Waals surface area (Å²) in [5, 5.41) is 9.21. The minimum Gasteiger partial charge on any atom is -0.479 e. The number of carbonyl (C=O) groups excluding carboxylic acids is 1. The Morgan fingerprint density at radius 3 is 2.50 bits per heavy atom. The van der Waals surface area contributed by atoms with E-state index in [1.165, 1.54) is 4.90 Å². The Bertz CT molecular complexity index is 402. The number of hydrogen-bond acceptors (Lipinski definition) is 2. The van der Waals surface area contributed by atoms with E-state index in [4.69, 9.17) is 0 Å². The fourth-order valence-electron chi connectivity index (χ4n) is 2.03. The monoisotopic (exact) mass is 219 g/mol. The highest BCUT2D eigenvalue weighted by Crippen LogP contribution is 2.25. The van der Waals surface area contributed by atoms with E-state index in [9.17, 15) is 14.7 Å². The summed E-state index contributed by atoms with van der Waals surface area (Å²) in [7, 11) is 0. The maximum Gasteiger partial charge on any atom is 0.331 e. The van der Waals surface area contributed by atoms with Crippen LogP contribution in [-0.2, 0) is 9.59 Å². The Hall–Kier alpha value is -1.84. The van der Waals surface area contributed by atoms with E-state index in [2.05, 4.69) is 0 Å². The number of aliphatic carboxylic acids is 1. The van der Waals surface area contributed by atoms with Gasteiger partial charge < -0.3 is 10.0 Å². The third kappa shape index (κ3) is 1.91. The van der Waals surface area contributed by atoms with Crippen LogP contribution in [0.3, 0.4) is 0 Å². The summed E-state index contributed by atoms with van der Waals surface area (Å²) in [6.07, 6.45) is 1.20. The lowest BCUT2D eigenvalue weighted by molar-refractivity contribution is -0.148. The predicted molar refractivity (Wildman–Crippen MR) is 57.8 cm³/mol. The van der Waals surface area contributed by atoms with Gasteiger partial charge >= 0.3 is 5.97 Å². The number of amides is 1. The largest absolute Gasteiger partial charge is 0.479 e. The van der Waals surface area contributed by atoms with Crippen LogP contribution in [0.1, 0.15) is 24.4 Å². The minimum absolute atomic E-state index is 0.0729. The van der Waals surface area contributed by atoms with E-state index in [0.29, 0.717) is 18.5 Å². The van der Waals surface area contributed by atoms with Crippen LogP contribution in [0.2, 0.25) is 0 Å². The molecule has 4 nitrogen and oxygen atoms in total. The van der Waals surface area contributed by atoms with Crippen molar-refractivity contribution in [1.82, 2.24) is 4.90 Å². The van der Waals surface area contributed by atoms with E-state index in [1.807, 2.05) is 6.07 Å². The molecule has 0 bridgehead atoms. The van der Waals surface area contributed by atoms with Gasteiger partial charge in [-0.1, -0.05) is 30.3 Å². The van der Waals surface area contributed by atoms with Gasteiger partial charge in [0.15, 0.2) is 6.04 Å². The highest BCUT2D eigenvalue weighted by Gasteiger charge is 2.33. The summed E-state index contributed by atoms with van der Waals surface area (Å²) in [4.78, 5) is 24.2. The van der Waals surface area contributed by atoms with Crippen molar-refractivity contribution in [2.45, 2.75) is 18.9 Å². The molecule has 1 heterocycles. The fourth-order valence-corrected chi connectivity index (χ4v) is 2.03. The van der Waals surface area contributed by atoms with Crippen molar-refractivity contribution in [3.8, 4) is 0 Å². The Balaban J connectivity index is 2.31. The van der Waals surface area contributed by atoms with Gasteiger partial charge in [-0.05, 0) is 12.0 Å². The first-order valence-electron chi connectivity index (χ1n) is 5.27. The molecular weight excluding hydrogens is 206 g/mol. The quantitative estimate of drug-likeness (QED) is 0.836. The molecule has 84 valence electrons. The number of hydrogen-bond donors (Lipinski definition) is 1. The van der Waals surface area contributed by atoms with E-state index >= 15 is 0 Å². The molecule has 1 saturated heterocycles. The molecule has 0 aromatic heterocycles. The number of carboxylic acid groups (broad SMARTS) is 1. The van der Waals surface area contributed by atoms with Gasteiger partial charge in [0, 0.05) is 13.0 Å². The standard InChI is InChI=1S/C12H13NO3/c14-10-7-4-8-13(10)11(12(15)16)9-5-2-1-3-6-9/h1-3,5-6,11H,4,7-8H2,(H,15,16)/t11-/m0/s1. The smallest absolute Gasteiger partial charge is 0.331 e. The van der Waals surface area contributed by atoms with Gasteiger partial charge in [-0.3, -0.25) is 4.79 Å². The van der Waals surface area contributed by atoms with Crippen molar-refractivity contribution in [2.24, 2.45) is 0 Å². The number of benzene rings is 1. The maximum atomic E-state index is 11.6. The molecule has 1 atom stereocenters. The summed E-state index contributed by atoms with van der Waals surface area (Å²) in [5.41, 5.74) is 0.658. The second-order valence-electron chi connectivity index (χ2n) is 3.84. The minimum atomic E-state index is -0.971. The number of carboxylic acids is 1. The second kappa shape index (κ2) is 4.35. The SMILES string of the molecule is O=C(O)[C@H](c1ccccc1)N1CCCC1=O. The molecular formula is C12H13NO3. The first kappa shape index (κ1) is 10.7. The van der Waals surface area contributed by atoms with Crippen molar-refractivity contribution in [3.05, 3.63) is 35.9 Å². The van der Waals surface area contributed by atoms with Gasteiger partial charge in [-0.25, -0.2) is 4.79 Å². The molecule has 1 fully saturated rings. The lowest BCUT2D eigenvalue weighted by atomic mass is 10.1. The number of likely N-dealkylation sites (tertiary alicyclic amines) is 1. The highest BCUT2D eigenvalue weighted by molar-refractivity contribution is 5.85. The number of rotatable bonds is 3. The van der Waals surface area contributed by atoms with Crippen LogP contribution >= 0.6 is 0 Å².